The van der Waals surface area contributed by atoms with Crippen molar-refractivity contribution in [2.75, 3.05) is 7.11 Å². The normalized spacial score (nSPS) is 13.9. The summed E-state index contributed by atoms with van der Waals surface area (Å²) in [5.41, 5.74) is 4.66. The number of fused-ring (bicyclic) bond motifs is 1. The largest absolute Gasteiger partial charge is 0.496 e. The Labute approximate surface area is 124 Å². The van der Waals surface area contributed by atoms with Gasteiger partial charge in [0.25, 0.3) is 0 Å². The first kappa shape index (κ1) is 13.3. The minimum Gasteiger partial charge on any atom is -0.496 e. The molecule has 104 valence electrons. The number of ether oxygens (including phenoxy) is 1. The highest BCUT2D eigenvalue weighted by Crippen LogP contribution is 2.26. The van der Waals surface area contributed by atoms with Crippen molar-refractivity contribution in [1.29, 1.82) is 0 Å². The van der Waals surface area contributed by atoms with Crippen molar-refractivity contribution < 1.29 is 4.74 Å². The molecule has 0 radical (unpaired) electrons. The average molecular weight is 286 g/mol. The summed E-state index contributed by atoms with van der Waals surface area (Å²) in [6, 6.07) is 6.08. The van der Waals surface area contributed by atoms with E-state index in [1.165, 1.54) is 24.1 Å². The van der Waals surface area contributed by atoms with Crippen LogP contribution >= 0.6 is 12.2 Å². The van der Waals surface area contributed by atoms with Crippen LogP contribution in [0.15, 0.2) is 18.2 Å². The van der Waals surface area contributed by atoms with E-state index in [2.05, 4.69) is 16.0 Å². The quantitative estimate of drug-likeness (QED) is 0.848. The molecule has 1 aromatic heterocycles. The van der Waals surface area contributed by atoms with Crippen LogP contribution < -0.4 is 4.74 Å². The highest BCUT2D eigenvalue weighted by molar-refractivity contribution is 7.71. The van der Waals surface area contributed by atoms with E-state index in [0.717, 1.165) is 40.2 Å². The van der Waals surface area contributed by atoms with Crippen molar-refractivity contribution in [3.8, 4) is 17.1 Å². The molecule has 3 nitrogen and oxygen atoms in total. The van der Waals surface area contributed by atoms with Crippen LogP contribution in [0.5, 0.6) is 5.75 Å². The number of nitrogens with one attached hydrogen (secondary N) is 1. The van der Waals surface area contributed by atoms with Gasteiger partial charge in [0.05, 0.1) is 7.11 Å². The molecule has 1 aromatic carbocycles. The Bertz CT molecular complexity index is 706. The molecule has 0 bridgehead atoms. The van der Waals surface area contributed by atoms with E-state index in [4.69, 9.17) is 17.0 Å². The van der Waals surface area contributed by atoms with Crippen LogP contribution in [0.2, 0.25) is 0 Å². The Hall–Kier alpha value is -1.68. The van der Waals surface area contributed by atoms with Crippen molar-refractivity contribution in [3.05, 3.63) is 39.7 Å². The zero-order valence-corrected chi connectivity index (χ0v) is 12.6. The fourth-order valence-corrected chi connectivity index (χ4v) is 3.10. The SMILES string of the molecule is COc1ccc(-c2nc(=S)c3c([nH]2)CCCC3)cc1C. The Kier molecular flexibility index (Phi) is 3.57. The van der Waals surface area contributed by atoms with Crippen molar-refractivity contribution in [2.24, 2.45) is 0 Å². The van der Waals surface area contributed by atoms with Crippen LogP contribution in [0, 0.1) is 11.6 Å². The molecule has 20 heavy (non-hydrogen) atoms. The lowest BCUT2D eigenvalue weighted by molar-refractivity contribution is 0.412. The van der Waals surface area contributed by atoms with E-state index in [1.54, 1.807) is 7.11 Å². The fourth-order valence-electron chi connectivity index (χ4n) is 2.78. The summed E-state index contributed by atoms with van der Waals surface area (Å²) < 4.78 is 6.05. The number of rotatable bonds is 2. The molecule has 1 aliphatic carbocycles. The molecular formula is C16H18N2OS. The molecule has 0 atom stereocenters. The number of hydrogen-bond acceptors (Lipinski definition) is 3. The maximum Gasteiger partial charge on any atom is 0.139 e. The monoisotopic (exact) mass is 286 g/mol. The smallest absolute Gasteiger partial charge is 0.139 e. The Morgan fingerprint density at radius 1 is 1.25 bits per heavy atom. The molecule has 0 spiro atoms. The van der Waals surface area contributed by atoms with Gasteiger partial charge in [-0.3, -0.25) is 0 Å². The summed E-state index contributed by atoms with van der Waals surface area (Å²) in [5, 5.41) is 0. The minimum absolute atomic E-state index is 0.752. The van der Waals surface area contributed by atoms with Gasteiger partial charge in [0.15, 0.2) is 0 Å². The predicted octanol–water partition coefficient (Wildman–Crippen LogP) is 4.00. The maximum absolute atomic E-state index is 5.45. The number of benzene rings is 1. The molecule has 4 heteroatoms. The molecule has 1 N–H and O–H groups in total. The summed E-state index contributed by atoms with van der Waals surface area (Å²) in [6.07, 6.45) is 4.57. The summed E-state index contributed by atoms with van der Waals surface area (Å²) in [6.45, 7) is 2.04. The van der Waals surface area contributed by atoms with E-state index >= 15 is 0 Å². The average Bonchev–Trinajstić information content (AvgIpc) is 2.47. The van der Waals surface area contributed by atoms with Crippen LogP contribution in [0.25, 0.3) is 11.4 Å². The first-order chi connectivity index (χ1) is 9.69. The lowest BCUT2D eigenvalue weighted by atomic mass is 9.97. The topological polar surface area (TPSA) is 37.9 Å². The molecule has 0 amide bonds. The van der Waals surface area contributed by atoms with E-state index in [9.17, 15) is 0 Å². The lowest BCUT2D eigenvalue weighted by Gasteiger charge is -2.16. The third-order valence-corrected chi connectivity index (χ3v) is 4.21. The first-order valence-electron chi connectivity index (χ1n) is 6.96. The van der Waals surface area contributed by atoms with Gasteiger partial charge in [-0.15, -0.1) is 0 Å². The standard InChI is InChI=1S/C16H18N2OS/c1-10-9-11(7-8-14(10)19-2)15-17-13-6-4-3-5-12(13)16(20)18-15/h7-9H,3-6H2,1-2H3,(H,17,18,20). The minimum atomic E-state index is 0.752. The van der Waals surface area contributed by atoms with Crippen LogP contribution in [0.1, 0.15) is 29.7 Å². The summed E-state index contributed by atoms with van der Waals surface area (Å²) >= 11 is 5.45. The Morgan fingerprint density at radius 3 is 2.80 bits per heavy atom. The van der Waals surface area contributed by atoms with Gasteiger partial charge >= 0.3 is 0 Å². The Balaban J connectivity index is 2.08. The van der Waals surface area contributed by atoms with E-state index < -0.39 is 0 Å². The summed E-state index contributed by atoms with van der Waals surface area (Å²) in [5.74, 6) is 1.76. The van der Waals surface area contributed by atoms with Crippen molar-refractivity contribution in [2.45, 2.75) is 32.6 Å². The zero-order valence-electron chi connectivity index (χ0n) is 11.8. The highest BCUT2D eigenvalue weighted by atomic mass is 32.1. The highest BCUT2D eigenvalue weighted by Gasteiger charge is 2.14. The number of hydrogen-bond donors (Lipinski definition) is 1. The van der Waals surface area contributed by atoms with Crippen LogP contribution in [-0.2, 0) is 12.8 Å². The van der Waals surface area contributed by atoms with Crippen molar-refractivity contribution in [3.63, 3.8) is 0 Å². The van der Waals surface area contributed by atoms with Crippen LogP contribution in [-0.4, -0.2) is 17.1 Å². The maximum atomic E-state index is 5.45. The van der Waals surface area contributed by atoms with Gasteiger partial charge in [0.2, 0.25) is 0 Å². The second-order valence-corrected chi connectivity index (χ2v) is 5.63. The predicted molar refractivity (Wildman–Crippen MR) is 82.8 cm³/mol. The lowest BCUT2D eigenvalue weighted by Crippen LogP contribution is -2.08. The second-order valence-electron chi connectivity index (χ2n) is 5.24. The molecule has 0 aliphatic heterocycles. The molecule has 3 rings (SSSR count). The van der Waals surface area contributed by atoms with Crippen LogP contribution in [0.4, 0.5) is 0 Å². The third kappa shape index (κ3) is 2.36. The first-order valence-corrected chi connectivity index (χ1v) is 7.37. The van der Waals surface area contributed by atoms with Gasteiger partial charge in [-0.2, -0.15) is 0 Å². The van der Waals surface area contributed by atoms with Gasteiger partial charge in [-0.1, -0.05) is 12.2 Å². The molecule has 1 aliphatic rings. The zero-order chi connectivity index (χ0) is 14.1. The molecule has 0 fully saturated rings. The molecule has 0 unspecified atom stereocenters. The number of nitrogens with zero attached hydrogens (tertiary/aromatic N) is 1. The van der Waals surface area contributed by atoms with E-state index in [1.807, 2.05) is 19.1 Å². The van der Waals surface area contributed by atoms with Crippen LogP contribution in [0.3, 0.4) is 0 Å². The number of H-pyrrole nitrogens is 1. The van der Waals surface area contributed by atoms with Gasteiger partial charge in [0.1, 0.15) is 16.2 Å². The number of methoxy groups -OCH3 is 1. The van der Waals surface area contributed by atoms with Gasteiger partial charge < -0.3 is 9.72 Å². The van der Waals surface area contributed by atoms with E-state index in [0.29, 0.717) is 0 Å². The van der Waals surface area contributed by atoms with Crippen molar-refractivity contribution in [1.82, 2.24) is 9.97 Å². The molecule has 0 saturated heterocycles. The fraction of sp³-hybridized carbons (Fsp3) is 0.375. The number of aryl methyl sites for hydroxylation is 2. The van der Waals surface area contributed by atoms with E-state index in [-0.39, 0.29) is 0 Å². The van der Waals surface area contributed by atoms with Gasteiger partial charge in [-0.05, 0) is 56.4 Å². The van der Waals surface area contributed by atoms with Crippen molar-refractivity contribution >= 4 is 12.2 Å². The Morgan fingerprint density at radius 2 is 2.05 bits per heavy atom. The third-order valence-electron chi connectivity index (χ3n) is 3.88. The number of aromatic nitrogens is 2. The molecule has 0 saturated carbocycles. The van der Waals surface area contributed by atoms with Gasteiger partial charge in [-0.25, -0.2) is 4.98 Å². The summed E-state index contributed by atoms with van der Waals surface area (Å²) in [7, 11) is 1.69. The molecule has 1 heterocycles. The second kappa shape index (κ2) is 5.37. The molecular weight excluding hydrogens is 268 g/mol. The number of aromatic amines is 1. The molecule has 2 aromatic rings. The van der Waals surface area contributed by atoms with Gasteiger partial charge in [0, 0.05) is 16.8 Å². The summed E-state index contributed by atoms with van der Waals surface area (Å²) in [4.78, 5) is 8.04.